The largest absolute Gasteiger partial charge is 0.486 e. The molecule has 0 radical (unpaired) electrons. The van der Waals surface area contributed by atoms with Gasteiger partial charge in [0, 0.05) is 12.1 Å². The Morgan fingerprint density at radius 3 is 2.73 bits per heavy atom. The third-order valence-electron chi connectivity index (χ3n) is 3.78. The Morgan fingerprint density at radius 1 is 1.12 bits per heavy atom. The third-order valence-corrected chi connectivity index (χ3v) is 4.05. The highest BCUT2D eigenvalue weighted by Crippen LogP contribution is 2.32. The van der Waals surface area contributed by atoms with Crippen molar-refractivity contribution in [3.8, 4) is 22.9 Å². The van der Waals surface area contributed by atoms with E-state index in [1.165, 1.54) is 6.07 Å². The molecule has 0 saturated carbocycles. The van der Waals surface area contributed by atoms with Crippen molar-refractivity contribution in [2.45, 2.75) is 6.61 Å². The summed E-state index contributed by atoms with van der Waals surface area (Å²) < 4.78 is 45.2. The molecule has 0 unspecified atom stereocenters. The zero-order chi connectivity index (χ0) is 18.1. The predicted octanol–water partition coefficient (Wildman–Crippen LogP) is 3.56. The van der Waals surface area contributed by atoms with E-state index in [9.17, 15) is 8.78 Å². The molecule has 1 N–H and O–H groups in total. The minimum atomic E-state index is -0.787. The number of hydrogen-bond acceptors (Lipinski definition) is 5. The molecule has 0 amide bonds. The number of aromatic amines is 1. The average molecular weight is 377 g/mol. The molecule has 2 heterocycles. The molecule has 1 aliphatic heterocycles. The lowest BCUT2D eigenvalue weighted by Crippen LogP contribution is -2.15. The van der Waals surface area contributed by atoms with Crippen molar-refractivity contribution in [1.82, 2.24) is 14.8 Å². The van der Waals surface area contributed by atoms with E-state index in [0.29, 0.717) is 41.0 Å². The van der Waals surface area contributed by atoms with Gasteiger partial charge < -0.3 is 14.2 Å². The first kappa shape index (κ1) is 16.5. The quantitative estimate of drug-likeness (QED) is 0.705. The summed E-state index contributed by atoms with van der Waals surface area (Å²) in [6.07, 6.45) is 0. The van der Waals surface area contributed by atoms with Crippen molar-refractivity contribution >= 4 is 12.2 Å². The summed E-state index contributed by atoms with van der Waals surface area (Å²) in [4.78, 5) is 0. The lowest BCUT2D eigenvalue weighted by Gasteiger charge is -2.19. The molecule has 9 heteroatoms. The molecule has 3 aromatic rings. The van der Waals surface area contributed by atoms with Gasteiger partial charge in [0.15, 0.2) is 33.7 Å². The van der Waals surface area contributed by atoms with Crippen LogP contribution in [0.5, 0.6) is 17.2 Å². The van der Waals surface area contributed by atoms with Crippen LogP contribution in [0.15, 0.2) is 36.4 Å². The van der Waals surface area contributed by atoms with Crippen molar-refractivity contribution < 1.29 is 23.0 Å². The van der Waals surface area contributed by atoms with E-state index in [-0.39, 0.29) is 12.4 Å². The summed E-state index contributed by atoms with van der Waals surface area (Å²) in [7, 11) is 0. The molecule has 26 heavy (non-hydrogen) atoms. The van der Waals surface area contributed by atoms with Crippen molar-refractivity contribution in [1.29, 1.82) is 0 Å². The van der Waals surface area contributed by atoms with Gasteiger partial charge in [0.2, 0.25) is 0 Å². The fraction of sp³-hybridized carbons (Fsp3) is 0.176. The SMILES string of the molecule is Fc1ccc(OCc2n[nH]c(=S)n2-c2ccc3c(c2)OCCO3)c(F)c1. The maximum Gasteiger partial charge on any atom is 0.199 e. The molecule has 6 nitrogen and oxygen atoms in total. The number of benzene rings is 2. The van der Waals surface area contributed by atoms with Crippen LogP contribution in [0.1, 0.15) is 5.82 Å². The number of aromatic nitrogens is 3. The highest BCUT2D eigenvalue weighted by molar-refractivity contribution is 7.71. The first-order valence-electron chi connectivity index (χ1n) is 7.76. The van der Waals surface area contributed by atoms with E-state index in [4.69, 9.17) is 26.4 Å². The molecule has 0 aliphatic carbocycles. The van der Waals surface area contributed by atoms with Crippen LogP contribution in [0.3, 0.4) is 0 Å². The Balaban J connectivity index is 1.62. The molecule has 1 aliphatic rings. The Hall–Kier alpha value is -2.94. The van der Waals surface area contributed by atoms with Crippen LogP contribution in [0, 0.1) is 16.4 Å². The molecular weight excluding hydrogens is 364 g/mol. The first-order chi connectivity index (χ1) is 12.6. The van der Waals surface area contributed by atoms with Gasteiger partial charge in [-0.3, -0.25) is 9.67 Å². The Kier molecular flexibility index (Phi) is 4.29. The average Bonchev–Trinajstić information content (AvgIpc) is 3.01. The van der Waals surface area contributed by atoms with Crippen molar-refractivity contribution in [2.75, 3.05) is 13.2 Å². The van der Waals surface area contributed by atoms with Crippen molar-refractivity contribution in [2.24, 2.45) is 0 Å². The third kappa shape index (κ3) is 3.13. The van der Waals surface area contributed by atoms with Crippen molar-refractivity contribution in [3.05, 3.63) is 58.6 Å². The molecule has 0 spiro atoms. The molecular formula is C17H13F2N3O3S. The maximum atomic E-state index is 13.7. The number of fused-ring (bicyclic) bond motifs is 1. The minimum absolute atomic E-state index is 0.0653. The number of halogens is 2. The van der Waals surface area contributed by atoms with E-state index >= 15 is 0 Å². The van der Waals surface area contributed by atoms with Gasteiger partial charge in [-0.15, -0.1) is 0 Å². The monoisotopic (exact) mass is 377 g/mol. The van der Waals surface area contributed by atoms with Crippen LogP contribution in [-0.4, -0.2) is 28.0 Å². The van der Waals surface area contributed by atoms with E-state index in [1.807, 2.05) is 0 Å². The van der Waals surface area contributed by atoms with Crippen LogP contribution < -0.4 is 14.2 Å². The number of rotatable bonds is 4. The predicted molar refractivity (Wildman–Crippen MR) is 90.4 cm³/mol. The zero-order valence-electron chi connectivity index (χ0n) is 13.4. The number of nitrogens with zero attached hydrogens (tertiary/aromatic N) is 2. The van der Waals surface area contributed by atoms with Crippen LogP contribution in [0.4, 0.5) is 8.78 Å². The number of H-pyrrole nitrogens is 1. The normalized spacial score (nSPS) is 12.8. The zero-order valence-corrected chi connectivity index (χ0v) is 14.2. The molecule has 134 valence electrons. The smallest absolute Gasteiger partial charge is 0.199 e. The van der Waals surface area contributed by atoms with Gasteiger partial charge in [-0.25, -0.2) is 8.78 Å². The Morgan fingerprint density at radius 2 is 1.92 bits per heavy atom. The number of hydrogen-bond donors (Lipinski definition) is 1. The second-order valence-electron chi connectivity index (χ2n) is 5.47. The lowest BCUT2D eigenvalue weighted by molar-refractivity contribution is 0.171. The molecule has 0 bridgehead atoms. The molecule has 0 fully saturated rings. The molecule has 0 saturated heterocycles. The molecule has 1 aromatic heterocycles. The first-order valence-corrected chi connectivity index (χ1v) is 8.17. The minimum Gasteiger partial charge on any atom is -0.486 e. The fourth-order valence-corrected chi connectivity index (χ4v) is 2.85. The van der Waals surface area contributed by atoms with Gasteiger partial charge in [0.05, 0.1) is 5.69 Å². The molecule has 0 atom stereocenters. The maximum absolute atomic E-state index is 13.7. The fourth-order valence-electron chi connectivity index (χ4n) is 2.60. The van der Waals surface area contributed by atoms with E-state index < -0.39 is 11.6 Å². The lowest BCUT2D eigenvalue weighted by atomic mass is 10.2. The van der Waals surface area contributed by atoms with Crippen LogP contribution >= 0.6 is 12.2 Å². The van der Waals surface area contributed by atoms with Gasteiger partial charge in [-0.1, -0.05) is 0 Å². The van der Waals surface area contributed by atoms with Gasteiger partial charge in [-0.2, -0.15) is 5.10 Å². The highest BCUT2D eigenvalue weighted by Gasteiger charge is 2.16. The van der Waals surface area contributed by atoms with E-state index in [2.05, 4.69) is 10.2 Å². The van der Waals surface area contributed by atoms with Gasteiger partial charge in [0.1, 0.15) is 25.6 Å². The standard InChI is InChI=1S/C17H13F2N3O3S/c18-10-1-3-13(12(19)7-10)25-9-16-20-21-17(26)22(16)11-2-4-14-15(8-11)24-6-5-23-14/h1-4,7-8H,5-6,9H2,(H,21,26). The molecule has 4 rings (SSSR count). The number of ether oxygens (including phenoxy) is 3. The van der Waals surface area contributed by atoms with Crippen LogP contribution in [0.2, 0.25) is 0 Å². The second kappa shape index (κ2) is 6.75. The Bertz CT molecular complexity index is 1020. The summed E-state index contributed by atoms with van der Waals surface area (Å²) in [6, 6.07) is 8.47. The number of nitrogens with one attached hydrogen (secondary N) is 1. The summed E-state index contributed by atoms with van der Waals surface area (Å²) in [5.41, 5.74) is 0.700. The second-order valence-corrected chi connectivity index (χ2v) is 5.86. The topological polar surface area (TPSA) is 61.3 Å². The highest BCUT2D eigenvalue weighted by atomic mass is 32.1. The van der Waals surface area contributed by atoms with E-state index in [1.54, 1.807) is 22.8 Å². The summed E-state index contributed by atoms with van der Waals surface area (Å²) in [5, 5.41) is 6.80. The van der Waals surface area contributed by atoms with Gasteiger partial charge in [-0.05, 0) is 36.5 Å². The summed E-state index contributed by atoms with van der Waals surface area (Å²) in [5.74, 6) is 0.151. The Labute approximate surface area is 151 Å². The van der Waals surface area contributed by atoms with Crippen LogP contribution in [-0.2, 0) is 6.61 Å². The molecule has 2 aromatic carbocycles. The van der Waals surface area contributed by atoms with E-state index in [0.717, 1.165) is 12.1 Å². The summed E-state index contributed by atoms with van der Waals surface area (Å²) in [6.45, 7) is 0.900. The van der Waals surface area contributed by atoms with Crippen LogP contribution in [0.25, 0.3) is 5.69 Å². The van der Waals surface area contributed by atoms with Gasteiger partial charge >= 0.3 is 0 Å². The summed E-state index contributed by atoms with van der Waals surface area (Å²) >= 11 is 5.28. The van der Waals surface area contributed by atoms with Crippen molar-refractivity contribution in [3.63, 3.8) is 0 Å². The van der Waals surface area contributed by atoms with Gasteiger partial charge in [0.25, 0.3) is 0 Å².